The molecule has 1 aromatic rings. The Hall–Kier alpha value is -1.06. The van der Waals surface area contributed by atoms with Crippen molar-refractivity contribution in [3.8, 4) is 5.75 Å². The largest absolute Gasteiger partial charge is 0.490 e. The molecule has 3 heteroatoms. The van der Waals surface area contributed by atoms with Gasteiger partial charge in [-0.1, -0.05) is 26.0 Å². The van der Waals surface area contributed by atoms with Crippen molar-refractivity contribution in [2.75, 3.05) is 26.8 Å². The van der Waals surface area contributed by atoms with Crippen LogP contribution in [-0.4, -0.2) is 32.9 Å². The fraction of sp³-hybridized carbons (Fsp3) is 0.667. The molecule has 1 heterocycles. The predicted molar refractivity (Wildman–Crippen MR) is 87.1 cm³/mol. The van der Waals surface area contributed by atoms with E-state index in [1.165, 1.54) is 17.5 Å². The van der Waals surface area contributed by atoms with Crippen molar-refractivity contribution >= 4 is 0 Å². The maximum absolute atomic E-state index is 5.76. The van der Waals surface area contributed by atoms with Crippen molar-refractivity contribution in [2.45, 2.75) is 46.1 Å². The normalized spacial score (nSPS) is 17.6. The Balaban J connectivity index is 1.81. The number of aryl methyl sites for hydroxylation is 1. The van der Waals surface area contributed by atoms with Gasteiger partial charge in [0.15, 0.2) is 0 Å². The number of benzene rings is 1. The third kappa shape index (κ3) is 5.01. The highest BCUT2D eigenvalue weighted by Crippen LogP contribution is 2.30. The lowest BCUT2D eigenvalue weighted by molar-refractivity contribution is 0.193. The van der Waals surface area contributed by atoms with Crippen LogP contribution in [0.4, 0.5) is 0 Å². The lowest BCUT2D eigenvalue weighted by Gasteiger charge is -2.25. The van der Waals surface area contributed by atoms with Crippen molar-refractivity contribution in [3.05, 3.63) is 29.3 Å². The van der Waals surface area contributed by atoms with Crippen LogP contribution in [0.5, 0.6) is 5.75 Å². The van der Waals surface area contributed by atoms with E-state index in [1.54, 1.807) is 7.11 Å². The summed E-state index contributed by atoms with van der Waals surface area (Å²) in [4.78, 5) is 0. The molecule has 2 rings (SSSR count). The zero-order valence-electron chi connectivity index (χ0n) is 13.9. The first-order valence-corrected chi connectivity index (χ1v) is 7.98. The fourth-order valence-electron chi connectivity index (χ4n) is 2.80. The van der Waals surface area contributed by atoms with E-state index >= 15 is 0 Å². The molecule has 0 aromatic heterocycles. The van der Waals surface area contributed by atoms with Crippen LogP contribution >= 0.6 is 0 Å². The summed E-state index contributed by atoms with van der Waals surface area (Å²) in [6.45, 7) is 9.51. The molecule has 0 amide bonds. The molecule has 1 aromatic carbocycles. The summed E-state index contributed by atoms with van der Waals surface area (Å²) in [6, 6.07) is 6.68. The number of rotatable bonds is 8. The zero-order chi connectivity index (χ0) is 15.3. The summed E-state index contributed by atoms with van der Waals surface area (Å²) < 4.78 is 10.8. The number of hydrogen-bond donors (Lipinski definition) is 1. The molecule has 0 fully saturated rings. The molecule has 0 radical (unpaired) electrons. The van der Waals surface area contributed by atoms with Gasteiger partial charge in [0.25, 0.3) is 0 Å². The number of nitrogens with one attached hydrogen (secondary N) is 1. The number of methoxy groups -OCH3 is 1. The maximum Gasteiger partial charge on any atom is 0.123 e. The highest BCUT2D eigenvalue weighted by atomic mass is 16.5. The van der Waals surface area contributed by atoms with E-state index in [4.69, 9.17) is 9.47 Å². The van der Waals surface area contributed by atoms with Gasteiger partial charge < -0.3 is 14.8 Å². The molecule has 3 nitrogen and oxygen atoms in total. The van der Waals surface area contributed by atoms with Crippen LogP contribution in [0.1, 0.15) is 38.3 Å². The summed E-state index contributed by atoms with van der Waals surface area (Å²) in [5, 5.41) is 3.47. The maximum atomic E-state index is 5.76. The quantitative estimate of drug-likeness (QED) is 0.746. The molecule has 0 bridgehead atoms. The Bertz CT molecular complexity index is 457. The van der Waals surface area contributed by atoms with Gasteiger partial charge in [-0.05, 0) is 42.4 Å². The second-order valence-electron chi connectivity index (χ2n) is 6.91. The molecule has 1 unspecified atom stereocenters. The highest BCUT2D eigenvalue weighted by Gasteiger charge is 2.20. The molecular weight excluding hydrogens is 262 g/mol. The van der Waals surface area contributed by atoms with Crippen molar-refractivity contribution in [1.82, 2.24) is 5.32 Å². The van der Waals surface area contributed by atoms with Crippen LogP contribution in [0.15, 0.2) is 18.2 Å². The monoisotopic (exact) mass is 291 g/mol. The van der Waals surface area contributed by atoms with Gasteiger partial charge in [0.1, 0.15) is 11.9 Å². The summed E-state index contributed by atoms with van der Waals surface area (Å²) >= 11 is 0. The number of ether oxygens (including phenoxy) is 2. The molecule has 1 N–H and O–H groups in total. The Kier molecular flexibility index (Phi) is 5.65. The molecule has 0 spiro atoms. The summed E-state index contributed by atoms with van der Waals surface area (Å²) in [5.41, 5.74) is 3.10. The molecule has 0 aliphatic carbocycles. The van der Waals surface area contributed by atoms with Gasteiger partial charge >= 0.3 is 0 Å². The van der Waals surface area contributed by atoms with E-state index in [1.807, 2.05) is 0 Å². The Labute approximate surface area is 129 Å². The fourth-order valence-corrected chi connectivity index (χ4v) is 2.80. The first-order valence-electron chi connectivity index (χ1n) is 7.98. The third-order valence-electron chi connectivity index (χ3n) is 4.14. The average Bonchev–Trinajstić information content (AvgIpc) is 2.81. The summed E-state index contributed by atoms with van der Waals surface area (Å²) in [5.74, 6) is 1.08. The van der Waals surface area contributed by atoms with E-state index < -0.39 is 0 Å². The minimum atomic E-state index is 0.302. The van der Waals surface area contributed by atoms with E-state index in [9.17, 15) is 0 Å². The van der Waals surface area contributed by atoms with Gasteiger partial charge in [-0.15, -0.1) is 0 Å². The number of fused-ring (bicyclic) bond motifs is 1. The van der Waals surface area contributed by atoms with Gasteiger partial charge in [-0.3, -0.25) is 0 Å². The van der Waals surface area contributed by atoms with E-state index in [-0.39, 0.29) is 0 Å². The van der Waals surface area contributed by atoms with Crippen LogP contribution in [0.2, 0.25) is 0 Å². The molecule has 1 aliphatic rings. The van der Waals surface area contributed by atoms with Gasteiger partial charge in [0.05, 0.1) is 6.61 Å². The Morgan fingerprint density at radius 2 is 2.19 bits per heavy atom. The minimum absolute atomic E-state index is 0.302. The summed E-state index contributed by atoms with van der Waals surface area (Å²) in [6.07, 6.45) is 3.69. The number of hydrogen-bond acceptors (Lipinski definition) is 3. The molecule has 21 heavy (non-hydrogen) atoms. The zero-order valence-corrected chi connectivity index (χ0v) is 13.9. The first kappa shape index (κ1) is 16.3. The van der Waals surface area contributed by atoms with Gasteiger partial charge in [0.2, 0.25) is 0 Å². The Morgan fingerprint density at radius 1 is 1.38 bits per heavy atom. The van der Waals surface area contributed by atoms with Crippen LogP contribution in [-0.2, 0) is 17.6 Å². The van der Waals surface area contributed by atoms with Crippen LogP contribution in [0, 0.1) is 5.41 Å². The van der Waals surface area contributed by atoms with Crippen molar-refractivity contribution < 1.29 is 9.47 Å². The topological polar surface area (TPSA) is 30.5 Å². The Morgan fingerprint density at radius 3 is 2.95 bits per heavy atom. The third-order valence-corrected chi connectivity index (χ3v) is 4.14. The molecule has 118 valence electrons. The SMILES string of the molecule is COCCNCC(C)(C)CCc1ccc2c(c1)CC(C)O2. The lowest BCUT2D eigenvalue weighted by Crippen LogP contribution is -2.31. The van der Waals surface area contributed by atoms with Crippen molar-refractivity contribution in [2.24, 2.45) is 5.41 Å². The standard InChI is InChI=1S/C18H29NO2/c1-14-11-16-12-15(5-6-17(16)21-14)7-8-18(2,3)13-19-9-10-20-4/h5-6,12,14,19H,7-11,13H2,1-4H3. The molecule has 0 saturated carbocycles. The molecule has 1 atom stereocenters. The highest BCUT2D eigenvalue weighted by molar-refractivity contribution is 5.40. The van der Waals surface area contributed by atoms with Crippen molar-refractivity contribution in [3.63, 3.8) is 0 Å². The molecular formula is C18H29NO2. The smallest absolute Gasteiger partial charge is 0.123 e. The van der Waals surface area contributed by atoms with E-state index in [0.717, 1.165) is 38.3 Å². The van der Waals surface area contributed by atoms with E-state index in [2.05, 4.69) is 44.3 Å². The second-order valence-corrected chi connectivity index (χ2v) is 6.91. The van der Waals surface area contributed by atoms with Crippen molar-refractivity contribution in [1.29, 1.82) is 0 Å². The summed E-state index contributed by atoms with van der Waals surface area (Å²) in [7, 11) is 1.74. The van der Waals surface area contributed by atoms with Gasteiger partial charge in [0, 0.05) is 26.6 Å². The molecule has 0 saturated heterocycles. The second kappa shape index (κ2) is 7.28. The van der Waals surface area contributed by atoms with Gasteiger partial charge in [-0.2, -0.15) is 0 Å². The minimum Gasteiger partial charge on any atom is -0.490 e. The predicted octanol–water partition coefficient (Wildman–Crippen LogP) is 3.20. The van der Waals surface area contributed by atoms with Crippen LogP contribution in [0.25, 0.3) is 0 Å². The first-order chi connectivity index (χ1) is 10.00. The van der Waals surface area contributed by atoms with Crippen LogP contribution < -0.4 is 10.1 Å². The average molecular weight is 291 g/mol. The van der Waals surface area contributed by atoms with Crippen LogP contribution in [0.3, 0.4) is 0 Å². The van der Waals surface area contributed by atoms with Gasteiger partial charge in [-0.25, -0.2) is 0 Å². The van der Waals surface area contributed by atoms with E-state index in [0.29, 0.717) is 11.5 Å². The lowest BCUT2D eigenvalue weighted by atomic mass is 9.86. The molecule has 1 aliphatic heterocycles.